The van der Waals surface area contributed by atoms with Crippen LogP contribution >= 0.6 is 11.5 Å². The van der Waals surface area contributed by atoms with Gasteiger partial charge in [-0.1, -0.05) is 18.9 Å². The second-order valence-corrected chi connectivity index (χ2v) is 8.31. The maximum absolute atomic E-state index is 14.9. The van der Waals surface area contributed by atoms with Crippen LogP contribution in [0.5, 0.6) is 0 Å². The first kappa shape index (κ1) is 17.4. The van der Waals surface area contributed by atoms with Gasteiger partial charge in [0.1, 0.15) is 11.5 Å². The molecule has 1 aromatic carbocycles. The van der Waals surface area contributed by atoms with Crippen molar-refractivity contribution in [2.75, 3.05) is 4.90 Å². The standard InChI is InChI=1S/C21H18FN3O2S/c1-11-5-4-8-23-18(11)19-14-9-16(15(22)10-17(14)28-24-19)25-20(26)12-6-2-3-7-13(12)21(25)27/h4-5,8-10,12-13H,2-3,6-7H2,1H3. The summed E-state index contributed by atoms with van der Waals surface area (Å²) in [6.45, 7) is 1.94. The minimum atomic E-state index is -0.569. The molecule has 142 valence electrons. The van der Waals surface area contributed by atoms with E-state index in [-0.39, 0.29) is 29.3 Å². The molecule has 2 unspecified atom stereocenters. The van der Waals surface area contributed by atoms with E-state index in [2.05, 4.69) is 9.36 Å². The molecule has 28 heavy (non-hydrogen) atoms. The summed E-state index contributed by atoms with van der Waals surface area (Å²) in [6.07, 6.45) is 4.97. The number of imide groups is 1. The first-order valence-electron chi connectivity index (χ1n) is 9.45. The Hall–Kier alpha value is -2.67. The van der Waals surface area contributed by atoms with Gasteiger partial charge in [-0.3, -0.25) is 14.6 Å². The highest BCUT2D eigenvalue weighted by Gasteiger charge is 2.49. The van der Waals surface area contributed by atoms with Gasteiger partial charge in [-0.15, -0.1) is 0 Å². The van der Waals surface area contributed by atoms with Crippen LogP contribution in [0.4, 0.5) is 10.1 Å². The first-order chi connectivity index (χ1) is 13.6. The zero-order valence-corrected chi connectivity index (χ0v) is 16.1. The minimum Gasteiger partial charge on any atom is -0.274 e. The molecular formula is C21H18FN3O2S. The SMILES string of the molecule is Cc1cccnc1-c1nsc2cc(F)c(N3C(=O)C4CCCCC4C3=O)cc12. The predicted octanol–water partition coefficient (Wildman–Crippen LogP) is 4.49. The molecule has 0 N–H and O–H groups in total. The molecule has 2 aromatic heterocycles. The van der Waals surface area contributed by atoms with Crippen LogP contribution in [0.15, 0.2) is 30.5 Å². The van der Waals surface area contributed by atoms with Crippen LogP contribution in [-0.2, 0) is 9.59 Å². The number of carbonyl (C=O) groups is 2. The van der Waals surface area contributed by atoms with E-state index in [9.17, 15) is 14.0 Å². The summed E-state index contributed by atoms with van der Waals surface area (Å²) in [5.41, 5.74) is 2.36. The van der Waals surface area contributed by atoms with E-state index in [0.29, 0.717) is 28.6 Å². The summed E-state index contributed by atoms with van der Waals surface area (Å²) in [6, 6.07) is 6.75. The zero-order chi connectivity index (χ0) is 19.4. The lowest BCUT2D eigenvalue weighted by molar-refractivity contribution is -0.122. The maximum Gasteiger partial charge on any atom is 0.237 e. The van der Waals surface area contributed by atoms with Gasteiger partial charge in [0.25, 0.3) is 0 Å². The normalized spacial score (nSPS) is 22.1. The Morgan fingerprint density at radius 2 is 1.82 bits per heavy atom. The molecule has 7 heteroatoms. The molecule has 0 radical (unpaired) electrons. The van der Waals surface area contributed by atoms with Crippen molar-refractivity contribution in [1.29, 1.82) is 0 Å². The molecule has 1 aliphatic heterocycles. The molecule has 0 bridgehead atoms. The summed E-state index contributed by atoms with van der Waals surface area (Å²) < 4.78 is 20.0. The van der Waals surface area contributed by atoms with Gasteiger partial charge in [0, 0.05) is 11.6 Å². The number of nitrogens with zero attached hydrogens (tertiary/aromatic N) is 3. The molecule has 3 aromatic rings. The lowest BCUT2D eigenvalue weighted by atomic mass is 9.81. The summed E-state index contributed by atoms with van der Waals surface area (Å²) in [7, 11) is 0. The van der Waals surface area contributed by atoms with E-state index >= 15 is 0 Å². The highest BCUT2D eigenvalue weighted by atomic mass is 32.1. The molecule has 1 saturated carbocycles. The van der Waals surface area contributed by atoms with Crippen molar-refractivity contribution < 1.29 is 14.0 Å². The van der Waals surface area contributed by atoms with Crippen molar-refractivity contribution in [3.05, 3.63) is 41.8 Å². The van der Waals surface area contributed by atoms with E-state index in [1.807, 2.05) is 19.1 Å². The fraction of sp³-hybridized carbons (Fsp3) is 0.333. The molecule has 2 aliphatic rings. The molecule has 1 saturated heterocycles. The van der Waals surface area contributed by atoms with E-state index < -0.39 is 5.82 Å². The number of fused-ring (bicyclic) bond motifs is 2. The van der Waals surface area contributed by atoms with Gasteiger partial charge in [0.2, 0.25) is 11.8 Å². The van der Waals surface area contributed by atoms with Gasteiger partial charge in [-0.05, 0) is 55.1 Å². The van der Waals surface area contributed by atoms with Crippen molar-refractivity contribution in [1.82, 2.24) is 9.36 Å². The average molecular weight is 395 g/mol. The second kappa shape index (κ2) is 6.44. The number of hydrogen-bond acceptors (Lipinski definition) is 5. The van der Waals surface area contributed by atoms with Crippen LogP contribution in [0, 0.1) is 24.6 Å². The Balaban J connectivity index is 1.65. The fourth-order valence-corrected chi connectivity index (χ4v) is 5.21. The summed E-state index contributed by atoms with van der Waals surface area (Å²) >= 11 is 1.19. The fourth-order valence-electron chi connectivity index (χ4n) is 4.42. The third kappa shape index (κ3) is 2.49. The van der Waals surface area contributed by atoms with E-state index in [1.165, 1.54) is 17.6 Å². The third-order valence-corrected chi connectivity index (χ3v) is 6.66. The number of aromatic nitrogens is 2. The molecule has 2 fully saturated rings. The van der Waals surface area contributed by atoms with Crippen molar-refractivity contribution in [3.63, 3.8) is 0 Å². The lowest BCUT2D eigenvalue weighted by Gasteiger charge is -2.19. The summed E-state index contributed by atoms with van der Waals surface area (Å²) in [4.78, 5) is 31.3. The van der Waals surface area contributed by atoms with E-state index in [0.717, 1.165) is 29.0 Å². The molecule has 1 aliphatic carbocycles. The molecule has 0 spiro atoms. The molecular weight excluding hydrogens is 377 g/mol. The van der Waals surface area contributed by atoms with E-state index in [4.69, 9.17) is 0 Å². The number of carbonyl (C=O) groups excluding carboxylic acids is 2. The number of anilines is 1. The van der Waals surface area contributed by atoms with Crippen LogP contribution < -0.4 is 4.90 Å². The van der Waals surface area contributed by atoms with Crippen LogP contribution in [-0.4, -0.2) is 21.2 Å². The number of amides is 2. The van der Waals surface area contributed by atoms with Gasteiger partial charge < -0.3 is 0 Å². The highest BCUT2D eigenvalue weighted by molar-refractivity contribution is 7.13. The van der Waals surface area contributed by atoms with Crippen LogP contribution in [0.2, 0.25) is 0 Å². The lowest BCUT2D eigenvalue weighted by Crippen LogP contribution is -2.31. The number of aryl methyl sites for hydroxylation is 1. The van der Waals surface area contributed by atoms with Gasteiger partial charge >= 0.3 is 0 Å². The van der Waals surface area contributed by atoms with E-state index in [1.54, 1.807) is 12.3 Å². The van der Waals surface area contributed by atoms with Crippen LogP contribution in [0.3, 0.4) is 0 Å². The van der Waals surface area contributed by atoms with Crippen molar-refractivity contribution in [2.45, 2.75) is 32.6 Å². The van der Waals surface area contributed by atoms with Gasteiger partial charge in [0.05, 0.1) is 27.9 Å². The highest BCUT2D eigenvalue weighted by Crippen LogP contribution is 2.42. The van der Waals surface area contributed by atoms with Crippen LogP contribution in [0.1, 0.15) is 31.2 Å². The first-order valence-corrected chi connectivity index (χ1v) is 10.2. The Bertz CT molecular complexity index is 1100. The van der Waals surface area contributed by atoms with Crippen molar-refractivity contribution in [3.8, 4) is 11.4 Å². The van der Waals surface area contributed by atoms with Gasteiger partial charge in [-0.25, -0.2) is 9.29 Å². The maximum atomic E-state index is 14.9. The Kier molecular flexibility index (Phi) is 4.01. The third-order valence-electron chi connectivity index (χ3n) is 5.86. The predicted molar refractivity (Wildman–Crippen MR) is 105 cm³/mol. The Morgan fingerprint density at radius 1 is 1.11 bits per heavy atom. The monoisotopic (exact) mass is 395 g/mol. The second-order valence-electron chi connectivity index (χ2n) is 7.51. The number of pyridine rings is 1. The Morgan fingerprint density at radius 3 is 2.50 bits per heavy atom. The number of rotatable bonds is 2. The van der Waals surface area contributed by atoms with Crippen LogP contribution in [0.25, 0.3) is 21.5 Å². The number of benzene rings is 1. The summed E-state index contributed by atoms with van der Waals surface area (Å²) in [5, 5.41) is 0.707. The Labute approximate surface area is 165 Å². The smallest absolute Gasteiger partial charge is 0.237 e. The molecule has 5 rings (SSSR count). The van der Waals surface area contributed by atoms with Crippen molar-refractivity contribution >= 4 is 39.1 Å². The quantitative estimate of drug-likeness (QED) is 0.600. The molecule has 2 amide bonds. The number of halogens is 1. The van der Waals surface area contributed by atoms with Gasteiger partial charge in [-0.2, -0.15) is 4.37 Å². The van der Waals surface area contributed by atoms with Crippen molar-refractivity contribution in [2.24, 2.45) is 11.8 Å². The number of hydrogen-bond donors (Lipinski definition) is 0. The zero-order valence-electron chi connectivity index (χ0n) is 15.3. The topological polar surface area (TPSA) is 63.2 Å². The van der Waals surface area contributed by atoms with Gasteiger partial charge in [0.15, 0.2) is 0 Å². The largest absolute Gasteiger partial charge is 0.274 e. The minimum absolute atomic E-state index is 0.0342. The average Bonchev–Trinajstić information content (AvgIpc) is 3.21. The molecule has 2 atom stereocenters. The molecule has 5 nitrogen and oxygen atoms in total. The molecule has 3 heterocycles. The summed E-state index contributed by atoms with van der Waals surface area (Å²) in [5.74, 6) is -1.73.